The first-order valence-electron chi connectivity index (χ1n) is 6.30. The molecule has 0 aliphatic heterocycles. The number of ether oxygens (including phenoxy) is 1. The number of rotatable bonds is 5. The average Bonchev–Trinajstić information content (AvgIpc) is 2.93. The molecule has 0 heterocycles. The van der Waals surface area contributed by atoms with Gasteiger partial charge in [0.25, 0.3) is 0 Å². The van der Waals surface area contributed by atoms with Crippen LogP contribution in [0.5, 0.6) is 0 Å². The van der Waals surface area contributed by atoms with Gasteiger partial charge in [-0.25, -0.2) is 4.79 Å². The van der Waals surface area contributed by atoms with Crippen LogP contribution in [0, 0.1) is 23.7 Å². The molecule has 0 aromatic carbocycles. The van der Waals surface area contributed by atoms with Crippen LogP contribution in [0.3, 0.4) is 0 Å². The number of hydrogen-bond donors (Lipinski definition) is 1. The maximum atomic E-state index is 11.4. The predicted molar refractivity (Wildman–Crippen MR) is 68.5 cm³/mol. The fourth-order valence-electron chi connectivity index (χ4n) is 1.65. The number of alkyl carbamates (subject to hydrolysis) is 1. The van der Waals surface area contributed by atoms with Crippen LogP contribution in [0.4, 0.5) is 4.79 Å². The lowest BCUT2D eigenvalue weighted by Crippen LogP contribution is -2.33. The van der Waals surface area contributed by atoms with Gasteiger partial charge in [-0.1, -0.05) is 20.8 Å². The summed E-state index contributed by atoms with van der Waals surface area (Å²) in [7, 11) is 0. The molecule has 1 amide bonds. The highest BCUT2D eigenvalue weighted by Crippen LogP contribution is 2.37. The standard InChI is InChI=1S/C14H23NO2/c1-5-6-7-8-11-9-12(11)17-13(16)15-10-14(2,3)4/h1,11-12H,6-10H2,2-4H3,(H,15,16)/t11-,12-/m1/s1. The van der Waals surface area contributed by atoms with E-state index in [1.807, 2.05) is 0 Å². The van der Waals surface area contributed by atoms with Crippen LogP contribution in [-0.4, -0.2) is 18.7 Å². The van der Waals surface area contributed by atoms with Gasteiger partial charge in [0.15, 0.2) is 0 Å². The van der Waals surface area contributed by atoms with Gasteiger partial charge < -0.3 is 10.1 Å². The summed E-state index contributed by atoms with van der Waals surface area (Å²) in [6.07, 6.45) is 8.93. The molecule has 0 aromatic heterocycles. The summed E-state index contributed by atoms with van der Waals surface area (Å²) in [4.78, 5) is 11.4. The number of terminal acetylenes is 1. The van der Waals surface area contributed by atoms with Crippen LogP contribution < -0.4 is 5.32 Å². The van der Waals surface area contributed by atoms with E-state index in [-0.39, 0.29) is 17.6 Å². The normalized spacial score (nSPS) is 22.7. The van der Waals surface area contributed by atoms with Gasteiger partial charge in [0.2, 0.25) is 0 Å². The molecule has 1 saturated carbocycles. The van der Waals surface area contributed by atoms with Gasteiger partial charge in [-0.15, -0.1) is 12.3 Å². The molecular weight excluding hydrogens is 214 g/mol. The first-order chi connectivity index (χ1) is 7.92. The van der Waals surface area contributed by atoms with E-state index in [9.17, 15) is 4.79 Å². The Morgan fingerprint density at radius 1 is 1.53 bits per heavy atom. The van der Waals surface area contributed by atoms with Gasteiger partial charge in [0, 0.05) is 13.0 Å². The molecule has 2 atom stereocenters. The molecule has 0 saturated heterocycles. The third-order valence-corrected chi connectivity index (χ3v) is 2.78. The molecule has 0 unspecified atom stereocenters. The van der Waals surface area contributed by atoms with E-state index < -0.39 is 0 Å². The molecule has 3 heteroatoms. The van der Waals surface area contributed by atoms with Crippen molar-refractivity contribution in [1.82, 2.24) is 5.32 Å². The fraction of sp³-hybridized carbons (Fsp3) is 0.786. The van der Waals surface area contributed by atoms with Crippen molar-refractivity contribution in [3.8, 4) is 12.3 Å². The minimum Gasteiger partial charge on any atom is -0.446 e. The van der Waals surface area contributed by atoms with Crippen LogP contribution in [0.1, 0.15) is 46.5 Å². The highest BCUT2D eigenvalue weighted by Gasteiger charge is 2.39. The van der Waals surface area contributed by atoms with E-state index in [2.05, 4.69) is 32.0 Å². The van der Waals surface area contributed by atoms with Crippen molar-refractivity contribution >= 4 is 6.09 Å². The third-order valence-electron chi connectivity index (χ3n) is 2.78. The number of carbonyl (C=O) groups excluding carboxylic acids is 1. The van der Waals surface area contributed by atoms with Gasteiger partial charge in [-0.3, -0.25) is 0 Å². The zero-order valence-electron chi connectivity index (χ0n) is 11.1. The Balaban J connectivity index is 2.08. The lowest BCUT2D eigenvalue weighted by molar-refractivity contribution is 0.129. The molecule has 1 N–H and O–H groups in total. The second kappa shape index (κ2) is 5.95. The Morgan fingerprint density at radius 3 is 2.82 bits per heavy atom. The highest BCUT2D eigenvalue weighted by molar-refractivity contribution is 5.67. The van der Waals surface area contributed by atoms with E-state index in [0.29, 0.717) is 12.5 Å². The molecule has 1 aliphatic rings. The first-order valence-corrected chi connectivity index (χ1v) is 6.30. The zero-order chi connectivity index (χ0) is 12.9. The van der Waals surface area contributed by atoms with Crippen molar-refractivity contribution in [3.63, 3.8) is 0 Å². The summed E-state index contributed by atoms with van der Waals surface area (Å²) < 4.78 is 5.30. The van der Waals surface area contributed by atoms with Crippen LogP contribution in [0.15, 0.2) is 0 Å². The highest BCUT2D eigenvalue weighted by atomic mass is 16.6. The van der Waals surface area contributed by atoms with Crippen molar-refractivity contribution in [1.29, 1.82) is 0 Å². The third kappa shape index (κ3) is 6.21. The number of nitrogens with one attached hydrogen (secondary N) is 1. The monoisotopic (exact) mass is 237 g/mol. The Morgan fingerprint density at radius 2 is 2.24 bits per heavy atom. The molecule has 1 rings (SSSR count). The average molecular weight is 237 g/mol. The summed E-state index contributed by atoms with van der Waals surface area (Å²) >= 11 is 0. The molecule has 0 aromatic rings. The molecule has 0 radical (unpaired) electrons. The smallest absolute Gasteiger partial charge is 0.407 e. The molecule has 3 nitrogen and oxygen atoms in total. The quantitative estimate of drug-likeness (QED) is 0.589. The van der Waals surface area contributed by atoms with E-state index >= 15 is 0 Å². The topological polar surface area (TPSA) is 38.3 Å². The fourth-order valence-corrected chi connectivity index (χ4v) is 1.65. The summed E-state index contributed by atoms with van der Waals surface area (Å²) in [5.41, 5.74) is 0.0920. The van der Waals surface area contributed by atoms with Crippen molar-refractivity contribution in [2.45, 2.75) is 52.6 Å². The van der Waals surface area contributed by atoms with Crippen molar-refractivity contribution in [2.75, 3.05) is 6.54 Å². The van der Waals surface area contributed by atoms with E-state index in [1.165, 1.54) is 0 Å². The SMILES string of the molecule is C#CCCC[C@@H]1C[C@H]1OC(=O)NCC(C)(C)C. The molecular formula is C14H23NO2. The molecule has 0 spiro atoms. The molecule has 96 valence electrons. The van der Waals surface area contributed by atoms with Gasteiger partial charge >= 0.3 is 6.09 Å². The van der Waals surface area contributed by atoms with Crippen LogP contribution in [-0.2, 0) is 4.74 Å². The van der Waals surface area contributed by atoms with Gasteiger partial charge in [0.1, 0.15) is 6.10 Å². The van der Waals surface area contributed by atoms with Crippen molar-refractivity contribution in [2.24, 2.45) is 11.3 Å². The second-order valence-electron chi connectivity index (χ2n) is 5.95. The van der Waals surface area contributed by atoms with Crippen LogP contribution in [0.2, 0.25) is 0 Å². The zero-order valence-corrected chi connectivity index (χ0v) is 11.1. The Kier molecular flexibility index (Phi) is 4.86. The minimum atomic E-state index is -0.288. The number of hydrogen-bond acceptors (Lipinski definition) is 2. The van der Waals surface area contributed by atoms with E-state index in [0.717, 1.165) is 25.7 Å². The van der Waals surface area contributed by atoms with Crippen LogP contribution in [0.25, 0.3) is 0 Å². The largest absolute Gasteiger partial charge is 0.446 e. The van der Waals surface area contributed by atoms with Gasteiger partial charge in [-0.05, 0) is 30.6 Å². The molecule has 1 aliphatic carbocycles. The number of unbranched alkanes of at least 4 members (excludes halogenated alkanes) is 1. The summed E-state index contributed by atoms with van der Waals surface area (Å²) in [5, 5.41) is 2.79. The first kappa shape index (κ1) is 13.9. The minimum absolute atomic E-state index is 0.0920. The number of amides is 1. The predicted octanol–water partition coefficient (Wildman–Crippen LogP) is 2.95. The maximum absolute atomic E-state index is 11.4. The molecule has 17 heavy (non-hydrogen) atoms. The van der Waals surface area contributed by atoms with Gasteiger partial charge in [-0.2, -0.15) is 0 Å². The summed E-state index contributed by atoms with van der Waals surface area (Å²) in [6, 6.07) is 0. The second-order valence-corrected chi connectivity index (χ2v) is 5.95. The van der Waals surface area contributed by atoms with Crippen molar-refractivity contribution in [3.05, 3.63) is 0 Å². The summed E-state index contributed by atoms with van der Waals surface area (Å²) in [6.45, 7) is 6.87. The van der Waals surface area contributed by atoms with Crippen LogP contribution >= 0.6 is 0 Å². The Hall–Kier alpha value is -1.17. The van der Waals surface area contributed by atoms with E-state index in [4.69, 9.17) is 11.2 Å². The maximum Gasteiger partial charge on any atom is 0.407 e. The number of carbonyl (C=O) groups is 1. The van der Waals surface area contributed by atoms with Crippen molar-refractivity contribution < 1.29 is 9.53 Å². The Labute approximate surface area is 104 Å². The molecule has 0 bridgehead atoms. The molecule has 1 fully saturated rings. The lowest BCUT2D eigenvalue weighted by atomic mass is 9.97. The lowest BCUT2D eigenvalue weighted by Gasteiger charge is -2.18. The van der Waals surface area contributed by atoms with E-state index in [1.54, 1.807) is 0 Å². The summed E-state index contributed by atoms with van der Waals surface area (Å²) in [5.74, 6) is 3.15. The van der Waals surface area contributed by atoms with Gasteiger partial charge in [0.05, 0.1) is 0 Å². The Bertz CT molecular complexity index is 298.